The van der Waals surface area contributed by atoms with Gasteiger partial charge in [0.2, 0.25) is 0 Å². The first-order chi connectivity index (χ1) is 10.8. The number of hydrogen-bond acceptors (Lipinski definition) is 3. The van der Waals surface area contributed by atoms with E-state index in [1.807, 2.05) is 0 Å². The Hall–Kier alpha value is -1.82. The predicted octanol–water partition coefficient (Wildman–Crippen LogP) is 4.13. The number of alkyl halides is 3. The van der Waals surface area contributed by atoms with Gasteiger partial charge in [-0.1, -0.05) is 18.2 Å². The van der Waals surface area contributed by atoms with Gasteiger partial charge >= 0.3 is 6.18 Å². The van der Waals surface area contributed by atoms with Gasteiger partial charge in [-0.15, -0.1) is 0 Å². The van der Waals surface area contributed by atoms with Crippen LogP contribution in [0.4, 0.5) is 13.2 Å². The van der Waals surface area contributed by atoms with Crippen LogP contribution in [0.15, 0.2) is 30.0 Å². The molecule has 124 valence electrons. The Labute approximate surface area is 131 Å². The predicted molar refractivity (Wildman–Crippen MR) is 77.7 cm³/mol. The van der Waals surface area contributed by atoms with Crippen molar-refractivity contribution in [2.75, 3.05) is 13.2 Å². The summed E-state index contributed by atoms with van der Waals surface area (Å²) >= 11 is 0. The molecule has 1 heterocycles. The summed E-state index contributed by atoms with van der Waals surface area (Å²) in [4.78, 5) is 12.5. The molecule has 1 spiro atoms. The molecule has 0 amide bonds. The maximum absolute atomic E-state index is 13.2. The number of halogens is 3. The van der Waals surface area contributed by atoms with E-state index < -0.39 is 17.5 Å². The van der Waals surface area contributed by atoms with Gasteiger partial charge in [-0.3, -0.25) is 4.79 Å². The molecule has 2 aliphatic rings. The lowest BCUT2D eigenvalue weighted by molar-refractivity contribution is -0.137. The van der Waals surface area contributed by atoms with Crippen LogP contribution in [0.2, 0.25) is 0 Å². The topological polar surface area (TPSA) is 46.5 Å². The van der Waals surface area contributed by atoms with Crippen LogP contribution in [0.1, 0.15) is 36.8 Å². The van der Waals surface area contributed by atoms with Gasteiger partial charge < -0.3 is 9.84 Å². The maximum atomic E-state index is 13.2. The smallest absolute Gasteiger partial charge is 0.417 e. The zero-order valence-electron chi connectivity index (χ0n) is 12.4. The zero-order valence-corrected chi connectivity index (χ0v) is 12.4. The molecule has 0 saturated carbocycles. The summed E-state index contributed by atoms with van der Waals surface area (Å²) in [5, 5.41) is 10.4. The van der Waals surface area contributed by atoms with Gasteiger partial charge in [0.05, 0.1) is 11.1 Å². The van der Waals surface area contributed by atoms with Crippen LogP contribution in [-0.2, 0) is 15.7 Å². The molecule has 1 saturated heterocycles. The SMILES string of the molecule is O=C1CC2(CCOCC2)CC(O)=C1c1ccccc1C(F)(F)F. The van der Waals surface area contributed by atoms with Gasteiger partial charge in [0.15, 0.2) is 5.78 Å². The molecule has 3 nitrogen and oxygen atoms in total. The van der Waals surface area contributed by atoms with Crippen molar-refractivity contribution >= 4 is 11.4 Å². The number of rotatable bonds is 1. The molecule has 0 bridgehead atoms. The van der Waals surface area contributed by atoms with Crippen LogP contribution >= 0.6 is 0 Å². The van der Waals surface area contributed by atoms with Crippen LogP contribution in [0.5, 0.6) is 0 Å². The van der Waals surface area contributed by atoms with E-state index in [0.717, 1.165) is 6.07 Å². The second-order valence-electron chi connectivity index (χ2n) is 6.25. The summed E-state index contributed by atoms with van der Waals surface area (Å²) in [7, 11) is 0. The van der Waals surface area contributed by atoms with Crippen molar-refractivity contribution in [2.45, 2.75) is 31.9 Å². The molecule has 3 rings (SSSR count). The van der Waals surface area contributed by atoms with Gasteiger partial charge in [0.1, 0.15) is 5.76 Å². The quantitative estimate of drug-likeness (QED) is 0.844. The van der Waals surface area contributed by atoms with E-state index in [1.54, 1.807) is 0 Å². The molecule has 1 fully saturated rings. The summed E-state index contributed by atoms with van der Waals surface area (Å²) in [5.74, 6) is -0.660. The number of Topliss-reactive ketones (excluding diaryl/α,β-unsaturated/α-hetero) is 1. The highest BCUT2D eigenvalue weighted by molar-refractivity contribution is 6.22. The minimum atomic E-state index is -4.57. The first-order valence-electron chi connectivity index (χ1n) is 7.52. The highest BCUT2D eigenvalue weighted by atomic mass is 19.4. The third-order valence-electron chi connectivity index (χ3n) is 4.70. The molecule has 1 aromatic rings. The molecule has 0 aromatic heterocycles. The Kier molecular flexibility index (Phi) is 3.96. The van der Waals surface area contributed by atoms with Gasteiger partial charge in [0.25, 0.3) is 0 Å². The number of aliphatic hydroxyl groups is 1. The average Bonchev–Trinajstić information content (AvgIpc) is 2.46. The molecule has 1 aliphatic heterocycles. The fourth-order valence-electron chi connectivity index (χ4n) is 3.51. The molecular weight excluding hydrogens is 309 g/mol. The van der Waals surface area contributed by atoms with Crippen molar-refractivity contribution in [3.05, 3.63) is 41.2 Å². The van der Waals surface area contributed by atoms with Crippen molar-refractivity contribution in [2.24, 2.45) is 5.41 Å². The number of carbonyl (C=O) groups excluding carboxylic acids is 1. The van der Waals surface area contributed by atoms with E-state index in [0.29, 0.717) is 26.1 Å². The lowest BCUT2D eigenvalue weighted by atomic mass is 9.67. The second kappa shape index (κ2) is 5.67. The first kappa shape index (κ1) is 16.1. The number of ether oxygens (including phenoxy) is 1. The molecule has 23 heavy (non-hydrogen) atoms. The van der Waals surface area contributed by atoms with E-state index in [1.165, 1.54) is 18.2 Å². The standard InChI is InChI=1S/C17H17F3O3/c18-17(19,20)12-4-2-1-3-11(12)15-13(21)9-16(10-14(15)22)5-7-23-8-6-16/h1-4,21H,5-10H2. The normalized spacial score (nSPS) is 21.8. The van der Waals surface area contributed by atoms with Crippen LogP contribution in [-0.4, -0.2) is 24.1 Å². The van der Waals surface area contributed by atoms with Crippen LogP contribution in [0.3, 0.4) is 0 Å². The maximum Gasteiger partial charge on any atom is 0.417 e. The molecule has 0 atom stereocenters. The van der Waals surface area contributed by atoms with Crippen molar-refractivity contribution in [3.63, 3.8) is 0 Å². The van der Waals surface area contributed by atoms with E-state index in [9.17, 15) is 23.1 Å². The Morgan fingerprint density at radius 2 is 1.74 bits per heavy atom. The minimum Gasteiger partial charge on any atom is -0.512 e. The minimum absolute atomic E-state index is 0.155. The number of benzene rings is 1. The third-order valence-corrected chi connectivity index (χ3v) is 4.70. The van der Waals surface area contributed by atoms with Gasteiger partial charge in [-0.25, -0.2) is 0 Å². The molecule has 1 aliphatic carbocycles. The molecule has 0 unspecified atom stereocenters. The molecule has 1 N–H and O–H groups in total. The van der Waals surface area contributed by atoms with Crippen molar-refractivity contribution < 1.29 is 27.8 Å². The van der Waals surface area contributed by atoms with Crippen molar-refractivity contribution in [3.8, 4) is 0 Å². The van der Waals surface area contributed by atoms with Gasteiger partial charge in [-0.2, -0.15) is 13.2 Å². The van der Waals surface area contributed by atoms with Crippen LogP contribution in [0, 0.1) is 5.41 Å². The number of hydrogen-bond donors (Lipinski definition) is 1. The summed E-state index contributed by atoms with van der Waals surface area (Å²) in [6, 6.07) is 4.89. The van der Waals surface area contributed by atoms with Gasteiger partial charge in [-0.05, 0) is 24.3 Å². The largest absolute Gasteiger partial charge is 0.512 e. The lowest BCUT2D eigenvalue weighted by Gasteiger charge is -2.39. The Morgan fingerprint density at radius 3 is 2.35 bits per heavy atom. The highest BCUT2D eigenvalue weighted by Crippen LogP contribution is 2.47. The average molecular weight is 326 g/mol. The number of allylic oxidation sites excluding steroid dienone is 2. The van der Waals surface area contributed by atoms with Crippen LogP contribution < -0.4 is 0 Å². The first-order valence-corrected chi connectivity index (χ1v) is 7.52. The Bertz CT molecular complexity index is 655. The van der Waals surface area contributed by atoms with E-state index in [-0.39, 0.29) is 35.2 Å². The monoisotopic (exact) mass is 326 g/mol. The third kappa shape index (κ3) is 3.00. The number of ketones is 1. The van der Waals surface area contributed by atoms with Gasteiger partial charge in [0, 0.05) is 31.6 Å². The van der Waals surface area contributed by atoms with Crippen molar-refractivity contribution in [1.82, 2.24) is 0 Å². The molecule has 6 heteroatoms. The summed E-state index contributed by atoms with van der Waals surface area (Å²) in [6.45, 7) is 1.02. The van der Waals surface area contributed by atoms with Crippen LogP contribution in [0.25, 0.3) is 5.57 Å². The van der Waals surface area contributed by atoms with E-state index in [2.05, 4.69) is 0 Å². The Balaban J connectivity index is 2.04. The zero-order chi connectivity index (χ0) is 16.7. The Morgan fingerprint density at radius 1 is 1.09 bits per heavy atom. The summed E-state index contributed by atoms with van der Waals surface area (Å²) < 4.78 is 44.8. The fourth-order valence-corrected chi connectivity index (χ4v) is 3.51. The second-order valence-corrected chi connectivity index (χ2v) is 6.25. The number of aliphatic hydroxyl groups excluding tert-OH is 1. The molecule has 1 aromatic carbocycles. The summed E-state index contributed by atoms with van der Waals surface area (Å²) in [6.07, 6.45) is -2.92. The highest BCUT2D eigenvalue weighted by Gasteiger charge is 2.43. The lowest BCUT2D eigenvalue weighted by Crippen LogP contribution is -2.36. The summed E-state index contributed by atoms with van der Waals surface area (Å²) in [5.41, 5.74) is -1.69. The fraction of sp³-hybridized carbons (Fsp3) is 0.471. The van der Waals surface area contributed by atoms with E-state index >= 15 is 0 Å². The molecular formula is C17H17F3O3. The van der Waals surface area contributed by atoms with Crippen molar-refractivity contribution in [1.29, 1.82) is 0 Å². The van der Waals surface area contributed by atoms with E-state index in [4.69, 9.17) is 4.74 Å². The number of carbonyl (C=O) groups is 1. The molecule has 0 radical (unpaired) electrons.